The largest absolute Gasteiger partial charge is 0.238 e. The van der Waals surface area contributed by atoms with Crippen LogP contribution in [0.1, 0.15) is 24.0 Å². The Hall–Kier alpha value is -0.630. The number of hydrogen-bond donors (Lipinski definition) is 0. The molecular weight excluding hydrogens is 172 g/mol. The zero-order chi connectivity index (χ0) is 8.72. The number of nitrogens with zero attached hydrogens (tertiary/aromatic N) is 2. The van der Waals surface area contributed by atoms with E-state index in [9.17, 15) is 0 Å². The molecule has 1 aliphatic carbocycles. The molecule has 2 rings (SSSR count). The van der Waals surface area contributed by atoms with E-state index in [-0.39, 0.29) is 0 Å². The topological polar surface area (TPSA) is 25.8 Å². The van der Waals surface area contributed by atoms with E-state index in [1.54, 1.807) is 0 Å². The third kappa shape index (κ3) is 1.20. The minimum Gasteiger partial charge on any atom is -0.238 e. The van der Waals surface area contributed by atoms with E-state index in [0.717, 1.165) is 29.9 Å². The summed E-state index contributed by atoms with van der Waals surface area (Å²) < 4.78 is 0. The van der Waals surface area contributed by atoms with Crippen LogP contribution in [0.4, 0.5) is 0 Å². The number of aryl methyl sites for hydroxylation is 1. The van der Waals surface area contributed by atoms with E-state index in [1.165, 1.54) is 0 Å². The summed E-state index contributed by atoms with van der Waals surface area (Å²) in [6, 6.07) is 0. The Morgan fingerprint density at radius 2 is 2.08 bits per heavy atom. The zero-order valence-electron chi connectivity index (χ0n) is 7.26. The van der Waals surface area contributed by atoms with Crippen LogP contribution in [-0.2, 0) is 12.8 Å². The first-order valence-electron chi connectivity index (χ1n) is 4.18. The van der Waals surface area contributed by atoms with Gasteiger partial charge in [0.05, 0.1) is 0 Å². The van der Waals surface area contributed by atoms with Crippen molar-refractivity contribution in [1.82, 2.24) is 9.97 Å². The van der Waals surface area contributed by atoms with Crippen LogP contribution >= 0.6 is 11.6 Å². The Kier molecular flexibility index (Phi) is 1.80. The van der Waals surface area contributed by atoms with Crippen molar-refractivity contribution in [3.05, 3.63) is 22.2 Å². The van der Waals surface area contributed by atoms with E-state index >= 15 is 0 Å². The van der Waals surface area contributed by atoms with Crippen LogP contribution in [0.15, 0.2) is 0 Å². The number of rotatable bonds is 0. The molecule has 1 aromatic rings. The molecule has 0 aliphatic heterocycles. The van der Waals surface area contributed by atoms with Crippen LogP contribution in [-0.4, -0.2) is 9.97 Å². The van der Waals surface area contributed by atoms with Gasteiger partial charge in [0, 0.05) is 11.3 Å². The minimum absolute atomic E-state index is 0.654. The molecule has 0 fully saturated rings. The monoisotopic (exact) mass is 182 g/mol. The van der Waals surface area contributed by atoms with E-state index in [2.05, 4.69) is 16.9 Å². The van der Waals surface area contributed by atoms with Crippen LogP contribution in [0.5, 0.6) is 0 Å². The Labute approximate surface area is 77.0 Å². The summed E-state index contributed by atoms with van der Waals surface area (Å²) in [6.07, 6.45) is 2.09. The molecule has 1 atom stereocenters. The molecular formula is C9H11ClN2. The SMILES string of the molecule is Cc1nc(Cl)c2c(n1)C[C@@H](C)C2. The van der Waals surface area contributed by atoms with E-state index in [0.29, 0.717) is 11.1 Å². The van der Waals surface area contributed by atoms with Crippen LogP contribution in [0.3, 0.4) is 0 Å². The smallest absolute Gasteiger partial charge is 0.136 e. The van der Waals surface area contributed by atoms with Crippen molar-refractivity contribution in [2.75, 3.05) is 0 Å². The van der Waals surface area contributed by atoms with Gasteiger partial charge in [-0.05, 0) is 25.7 Å². The highest BCUT2D eigenvalue weighted by Gasteiger charge is 2.22. The fourth-order valence-electron chi connectivity index (χ4n) is 1.74. The highest BCUT2D eigenvalue weighted by Crippen LogP contribution is 2.29. The van der Waals surface area contributed by atoms with Crippen molar-refractivity contribution < 1.29 is 0 Å². The summed E-state index contributed by atoms with van der Waals surface area (Å²) >= 11 is 5.99. The van der Waals surface area contributed by atoms with Gasteiger partial charge in [-0.15, -0.1) is 0 Å². The van der Waals surface area contributed by atoms with Gasteiger partial charge in [-0.2, -0.15) is 0 Å². The molecule has 0 bridgehead atoms. The molecule has 0 N–H and O–H groups in total. The quantitative estimate of drug-likeness (QED) is 0.575. The summed E-state index contributed by atoms with van der Waals surface area (Å²) in [7, 11) is 0. The van der Waals surface area contributed by atoms with Gasteiger partial charge < -0.3 is 0 Å². The molecule has 1 heterocycles. The summed E-state index contributed by atoms with van der Waals surface area (Å²) in [5.74, 6) is 1.46. The lowest BCUT2D eigenvalue weighted by molar-refractivity contribution is 0.623. The van der Waals surface area contributed by atoms with Gasteiger partial charge in [-0.1, -0.05) is 18.5 Å². The lowest BCUT2D eigenvalue weighted by Gasteiger charge is -2.00. The summed E-state index contributed by atoms with van der Waals surface area (Å²) in [6.45, 7) is 4.10. The lowest BCUT2D eigenvalue weighted by Crippen LogP contribution is -1.96. The molecule has 64 valence electrons. The maximum absolute atomic E-state index is 5.99. The van der Waals surface area contributed by atoms with Crippen LogP contribution in [0.25, 0.3) is 0 Å². The average Bonchev–Trinajstić information content (AvgIpc) is 2.29. The van der Waals surface area contributed by atoms with Gasteiger partial charge in [-0.3, -0.25) is 0 Å². The molecule has 0 saturated heterocycles. The molecule has 0 aromatic carbocycles. The van der Waals surface area contributed by atoms with Gasteiger partial charge in [-0.25, -0.2) is 9.97 Å². The molecule has 12 heavy (non-hydrogen) atoms. The van der Waals surface area contributed by atoms with Crippen molar-refractivity contribution in [3.63, 3.8) is 0 Å². The Morgan fingerprint density at radius 3 is 2.83 bits per heavy atom. The standard InChI is InChI=1S/C9H11ClN2/c1-5-3-7-8(4-5)11-6(2)12-9(7)10/h5H,3-4H2,1-2H3/t5-/m0/s1. The molecule has 0 saturated carbocycles. The maximum Gasteiger partial charge on any atom is 0.136 e. The normalized spacial score (nSPS) is 21.1. The van der Waals surface area contributed by atoms with Gasteiger partial charge >= 0.3 is 0 Å². The van der Waals surface area contributed by atoms with E-state index < -0.39 is 0 Å². The molecule has 0 amide bonds. The third-order valence-electron chi connectivity index (χ3n) is 2.25. The van der Waals surface area contributed by atoms with Crippen molar-refractivity contribution in [2.45, 2.75) is 26.7 Å². The Morgan fingerprint density at radius 1 is 1.33 bits per heavy atom. The Bertz CT molecular complexity index is 323. The van der Waals surface area contributed by atoms with Crippen molar-refractivity contribution in [3.8, 4) is 0 Å². The van der Waals surface area contributed by atoms with Gasteiger partial charge in [0.25, 0.3) is 0 Å². The maximum atomic E-state index is 5.99. The second-order valence-electron chi connectivity index (χ2n) is 3.50. The van der Waals surface area contributed by atoms with Crippen LogP contribution in [0.2, 0.25) is 5.15 Å². The highest BCUT2D eigenvalue weighted by molar-refractivity contribution is 6.30. The van der Waals surface area contributed by atoms with Crippen molar-refractivity contribution in [1.29, 1.82) is 0 Å². The van der Waals surface area contributed by atoms with Crippen molar-refractivity contribution in [2.24, 2.45) is 5.92 Å². The molecule has 1 aliphatic rings. The highest BCUT2D eigenvalue weighted by atomic mass is 35.5. The first-order valence-corrected chi connectivity index (χ1v) is 4.56. The molecule has 3 heteroatoms. The van der Waals surface area contributed by atoms with E-state index in [4.69, 9.17) is 11.6 Å². The molecule has 0 spiro atoms. The predicted octanol–water partition coefficient (Wildman–Crippen LogP) is 2.17. The number of halogens is 1. The van der Waals surface area contributed by atoms with Crippen molar-refractivity contribution >= 4 is 11.6 Å². The summed E-state index contributed by atoms with van der Waals surface area (Å²) in [4.78, 5) is 8.50. The molecule has 1 aromatic heterocycles. The number of fused-ring (bicyclic) bond motifs is 1. The number of hydrogen-bond acceptors (Lipinski definition) is 2. The Balaban J connectivity index is 2.52. The average molecular weight is 183 g/mol. The summed E-state index contributed by atoms with van der Waals surface area (Å²) in [5, 5.41) is 0.654. The number of aromatic nitrogens is 2. The summed E-state index contributed by atoms with van der Waals surface area (Å²) in [5.41, 5.74) is 2.31. The van der Waals surface area contributed by atoms with Crippen LogP contribution in [0, 0.1) is 12.8 Å². The molecule has 0 radical (unpaired) electrons. The molecule has 0 unspecified atom stereocenters. The van der Waals surface area contributed by atoms with Gasteiger partial charge in [0.15, 0.2) is 0 Å². The first-order chi connectivity index (χ1) is 5.66. The second-order valence-corrected chi connectivity index (χ2v) is 3.86. The minimum atomic E-state index is 0.654. The lowest BCUT2D eigenvalue weighted by atomic mass is 10.1. The fraction of sp³-hybridized carbons (Fsp3) is 0.556. The van der Waals surface area contributed by atoms with Crippen LogP contribution < -0.4 is 0 Å². The van der Waals surface area contributed by atoms with Gasteiger partial charge in [0.2, 0.25) is 0 Å². The molecule has 2 nitrogen and oxygen atoms in total. The zero-order valence-corrected chi connectivity index (χ0v) is 8.02. The fourth-order valence-corrected chi connectivity index (χ4v) is 2.05. The van der Waals surface area contributed by atoms with E-state index in [1.807, 2.05) is 6.92 Å². The first kappa shape index (κ1) is 7.99. The second kappa shape index (κ2) is 2.70. The predicted molar refractivity (Wildman–Crippen MR) is 48.4 cm³/mol. The third-order valence-corrected chi connectivity index (χ3v) is 2.56. The van der Waals surface area contributed by atoms with Gasteiger partial charge in [0.1, 0.15) is 11.0 Å².